The first kappa shape index (κ1) is 16.5. The van der Waals surface area contributed by atoms with Gasteiger partial charge in [-0.3, -0.25) is 4.79 Å². The molecule has 2 rings (SSSR count). The van der Waals surface area contributed by atoms with Crippen molar-refractivity contribution < 1.29 is 9.53 Å². The number of thiazole rings is 1. The van der Waals surface area contributed by atoms with Crippen LogP contribution in [-0.4, -0.2) is 16.9 Å². The second-order valence-corrected chi connectivity index (χ2v) is 6.33. The Morgan fingerprint density at radius 3 is 2.77 bits per heavy atom. The summed E-state index contributed by atoms with van der Waals surface area (Å²) in [5.74, 6) is 0.696. The van der Waals surface area contributed by atoms with Crippen molar-refractivity contribution in [1.29, 1.82) is 0 Å². The summed E-state index contributed by atoms with van der Waals surface area (Å²) < 4.78 is 5.68. The van der Waals surface area contributed by atoms with Crippen LogP contribution in [0.4, 0.5) is 0 Å². The van der Waals surface area contributed by atoms with Gasteiger partial charge in [0.2, 0.25) is 0 Å². The molecule has 1 amide bonds. The molecule has 0 bridgehead atoms. The average Bonchev–Trinajstić information content (AvgIpc) is 2.96. The summed E-state index contributed by atoms with van der Waals surface area (Å²) >= 11 is 1.44. The number of amides is 1. The van der Waals surface area contributed by atoms with Crippen LogP contribution >= 0.6 is 11.3 Å². The third kappa shape index (κ3) is 4.84. The van der Waals surface area contributed by atoms with Gasteiger partial charge in [-0.05, 0) is 32.4 Å². The van der Waals surface area contributed by atoms with Crippen molar-refractivity contribution in [2.75, 3.05) is 0 Å². The lowest BCUT2D eigenvalue weighted by Crippen LogP contribution is -2.32. The Morgan fingerprint density at radius 2 is 2.09 bits per heavy atom. The van der Waals surface area contributed by atoms with Crippen LogP contribution in [0.2, 0.25) is 0 Å². The molecule has 1 aromatic heterocycles. The van der Waals surface area contributed by atoms with Crippen molar-refractivity contribution >= 4 is 17.2 Å². The quantitative estimate of drug-likeness (QED) is 0.841. The number of rotatable bonds is 7. The highest BCUT2D eigenvalue weighted by molar-refractivity contribution is 7.09. The summed E-state index contributed by atoms with van der Waals surface area (Å²) in [5, 5.41) is 5.53. The number of aromatic nitrogens is 1. The fraction of sp³-hybridized carbons (Fsp3) is 0.412. The molecule has 1 heterocycles. The molecule has 0 aliphatic rings. The van der Waals surface area contributed by atoms with Crippen LogP contribution in [0.5, 0.6) is 5.75 Å². The average molecular weight is 318 g/mol. The second kappa shape index (κ2) is 7.94. The molecule has 0 unspecified atom stereocenters. The van der Waals surface area contributed by atoms with Crippen LogP contribution in [0, 0.1) is 6.92 Å². The minimum atomic E-state index is -0.112. The molecule has 118 valence electrons. The van der Waals surface area contributed by atoms with E-state index in [0.717, 1.165) is 23.6 Å². The number of ether oxygens (including phenoxy) is 1. The van der Waals surface area contributed by atoms with Gasteiger partial charge in [-0.15, -0.1) is 11.3 Å². The summed E-state index contributed by atoms with van der Waals surface area (Å²) in [7, 11) is 0. The van der Waals surface area contributed by atoms with Gasteiger partial charge in [0.25, 0.3) is 5.91 Å². The summed E-state index contributed by atoms with van der Waals surface area (Å²) in [4.78, 5) is 16.4. The van der Waals surface area contributed by atoms with Gasteiger partial charge in [-0.25, -0.2) is 4.98 Å². The lowest BCUT2D eigenvalue weighted by molar-refractivity contribution is 0.0933. The molecule has 0 radical (unpaired) electrons. The number of benzene rings is 1. The first-order chi connectivity index (χ1) is 10.6. The maximum atomic E-state index is 12.0. The normalized spacial score (nSPS) is 12.0. The van der Waals surface area contributed by atoms with Crippen molar-refractivity contribution in [2.24, 2.45) is 0 Å². The predicted molar refractivity (Wildman–Crippen MR) is 89.5 cm³/mol. The SMILES string of the molecule is CCC[C@H](C)NC(=O)c1csc(COc2ccc(C)cc2)n1. The van der Waals surface area contributed by atoms with E-state index in [1.165, 1.54) is 16.9 Å². The smallest absolute Gasteiger partial charge is 0.270 e. The Bertz CT molecular complexity index is 607. The summed E-state index contributed by atoms with van der Waals surface area (Å²) in [6.07, 6.45) is 2.02. The Balaban J connectivity index is 1.88. The van der Waals surface area contributed by atoms with Crippen molar-refractivity contribution in [3.8, 4) is 5.75 Å². The molecule has 0 spiro atoms. The number of carbonyl (C=O) groups excluding carboxylic acids is 1. The highest BCUT2D eigenvalue weighted by Gasteiger charge is 2.13. The van der Waals surface area contributed by atoms with Crippen LogP contribution in [0.1, 0.15) is 47.7 Å². The number of hydrogen-bond donors (Lipinski definition) is 1. The standard InChI is InChI=1S/C17H22N2O2S/c1-4-5-13(3)18-17(20)15-11-22-16(19-15)10-21-14-8-6-12(2)7-9-14/h6-9,11,13H,4-5,10H2,1-3H3,(H,18,20)/t13-/m0/s1. The van der Waals surface area contributed by atoms with Crippen molar-refractivity contribution in [1.82, 2.24) is 10.3 Å². The van der Waals surface area contributed by atoms with Crippen LogP contribution in [-0.2, 0) is 6.61 Å². The molecule has 0 saturated carbocycles. The fourth-order valence-electron chi connectivity index (χ4n) is 2.06. The van der Waals surface area contributed by atoms with E-state index in [1.807, 2.05) is 38.1 Å². The molecule has 1 atom stereocenters. The molecule has 0 fully saturated rings. The van der Waals surface area contributed by atoms with Gasteiger partial charge in [0, 0.05) is 11.4 Å². The van der Waals surface area contributed by atoms with E-state index >= 15 is 0 Å². The molecule has 2 aromatic rings. The minimum absolute atomic E-state index is 0.112. The van der Waals surface area contributed by atoms with Crippen LogP contribution in [0.15, 0.2) is 29.6 Å². The van der Waals surface area contributed by atoms with Gasteiger partial charge in [0.1, 0.15) is 23.1 Å². The predicted octanol–water partition coefficient (Wildman–Crippen LogP) is 3.95. The molecule has 4 nitrogen and oxygen atoms in total. The van der Waals surface area contributed by atoms with Gasteiger partial charge < -0.3 is 10.1 Å². The van der Waals surface area contributed by atoms with E-state index in [9.17, 15) is 4.79 Å². The molecule has 0 aliphatic heterocycles. The third-order valence-electron chi connectivity index (χ3n) is 3.27. The van der Waals surface area contributed by atoms with Gasteiger partial charge in [0.15, 0.2) is 0 Å². The van der Waals surface area contributed by atoms with Gasteiger partial charge in [-0.2, -0.15) is 0 Å². The van der Waals surface area contributed by atoms with Gasteiger partial charge in [-0.1, -0.05) is 31.0 Å². The summed E-state index contributed by atoms with van der Waals surface area (Å²) in [6.45, 7) is 6.53. The van der Waals surface area contributed by atoms with Crippen LogP contribution < -0.4 is 10.1 Å². The molecular formula is C17H22N2O2S. The zero-order chi connectivity index (χ0) is 15.9. The fourth-order valence-corrected chi connectivity index (χ4v) is 2.75. The molecular weight excluding hydrogens is 296 g/mol. The number of nitrogens with one attached hydrogen (secondary N) is 1. The minimum Gasteiger partial charge on any atom is -0.486 e. The Morgan fingerprint density at radius 1 is 1.36 bits per heavy atom. The zero-order valence-corrected chi connectivity index (χ0v) is 14.1. The maximum absolute atomic E-state index is 12.0. The van der Waals surface area contributed by atoms with E-state index in [1.54, 1.807) is 5.38 Å². The first-order valence-electron chi connectivity index (χ1n) is 7.53. The summed E-state index contributed by atoms with van der Waals surface area (Å²) in [6, 6.07) is 8.05. The number of nitrogens with zero attached hydrogens (tertiary/aromatic N) is 1. The number of carbonyl (C=O) groups is 1. The number of hydrogen-bond acceptors (Lipinski definition) is 4. The molecule has 1 N–H and O–H groups in total. The molecule has 0 saturated heterocycles. The maximum Gasteiger partial charge on any atom is 0.270 e. The molecule has 22 heavy (non-hydrogen) atoms. The Hall–Kier alpha value is -1.88. The second-order valence-electron chi connectivity index (χ2n) is 5.39. The van der Waals surface area contributed by atoms with Crippen LogP contribution in [0.25, 0.3) is 0 Å². The monoisotopic (exact) mass is 318 g/mol. The van der Waals surface area contributed by atoms with Crippen molar-refractivity contribution in [3.63, 3.8) is 0 Å². The first-order valence-corrected chi connectivity index (χ1v) is 8.41. The van der Waals surface area contributed by atoms with Gasteiger partial charge >= 0.3 is 0 Å². The lowest BCUT2D eigenvalue weighted by Gasteiger charge is -2.11. The topological polar surface area (TPSA) is 51.2 Å². The Kier molecular flexibility index (Phi) is 5.95. The molecule has 0 aliphatic carbocycles. The van der Waals surface area contributed by atoms with Crippen LogP contribution in [0.3, 0.4) is 0 Å². The van der Waals surface area contributed by atoms with E-state index in [-0.39, 0.29) is 11.9 Å². The van der Waals surface area contributed by atoms with E-state index in [2.05, 4.69) is 17.2 Å². The lowest BCUT2D eigenvalue weighted by atomic mass is 10.2. The summed E-state index contributed by atoms with van der Waals surface area (Å²) in [5.41, 5.74) is 1.66. The highest BCUT2D eigenvalue weighted by atomic mass is 32.1. The Labute approximate surface area is 135 Å². The largest absolute Gasteiger partial charge is 0.486 e. The van der Waals surface area contributed by atoms with Gasteiger partial charge in [0.05, 0.1) is 0 Å². The molecule has 1 aromatic carbocycles. The molecule has 5 heteroatoms. The number of aryl methyl sites for hydroxylation is 1. The van der Waals surface area contributed by atoms with Crippen molar-refractivity contribution in [3.05, 3.63) is 45.9 Å². The van der Waals surface area contributed by atoms with Crippen molar-refractivity contribution in [2.45, 2.75) is 46.3 Å². The highest BCUT2D eigenvalue weighted by Crippen LogP contribution is 2.16. The van der Waals surface area contributed by atoms with E-state index in [0.29, 0.717) is 12.3 Å². The van der Waals surface area contributed by atoms with E-state index < -0.39 is 0 Å². The van der Waals surface area contributed by atoms with E-state index in [4.69, 9.17) is 4.74 Å². The third-order valence-corrected chi connectivity index (χ3v) is 4.09. The zero-order valence-electron chi connectivity index (χ0n) is 13.3.